The number of carboxylic acids is 2. The maximum absolute atomic E-state index is 11.1. The number of carboxylic acid groups (broad SMARTS) is 2. The Kier molecular flexibility index (Phi) is 6.21. The van der Waals surface area contributed by atoms with Crippen LogP contribution in [-0.2, 0) is 9.59 Å². The van der Waals surface area contributed by atoms with Crippen LogP contribution in [0.15, 0.2) is 0 Å². The Bertz CT molecular complexity index is 271. The van der Waals surface area contributed by atoms with Gasteiger partial charge in [0.15, 0.2) is 0 Å². The summed E-state index contributed by atoms with van der Waals surface area (Å²) in [7, 11) is 0. The first-order valence-corrected chi connectivity index (χ1v) is 6.15. The molecule has 0 aromatic heterocycles. The first-order valence-electron chi connectivity index (χ1n) is 6.15. The van der Waals surface area contributed by atoms with Crippen LogP contribution in [0.25, 0.3) is 0 Å². The summed E-state index contributed by atoms with van der Waals surface area (Å²) in [6, 6.07) is 0. The second kappa shape index (κ2) is 6.62. The number of carbonyl (C=O) groups is 2. The highest BCUT2D eigenvalue weighted by Crippen LogP contribution is 2.36. The van der Waals surface area contributed by atoms with E-state index < -0.39 is 23.3 Å². The van der Waals surface area contributed by atoms with Crippen molar-refractivity contribution in [3.8, 4) is 0 Å². The van der Waals surface area contributed by atoms with E-state index in [1.165, 1.54) is 0 Å². The van der Waals surface area contributed by atoms with Gasteiger partial charge in [-0.3, -0.25) is 9.59 Å². The van der Waals surface area contributed by atoms with Gasteiger partial charge in [0.05, 0.1) is 12.3 Å². The van der Waals surface area contributed by atoms with Crippen LogP contribution in [0.5, 0.6) is 0 Å². The van der Waals surface area contributed by atoms with Gasteiger partial charge in [0.2, 0.25) is 0 Å². The maximum Gasteiger partial charge on any atom is 0.307 e. The molecule has 0 amide bonds. The summed E-state index contributed by atoms with van der Waals surface area (Å²) in [5, 5.41) is 17.9. The molecule has 2 unspecified atom stereocenters. The van der Waals surface area contributed by atoms with Gasteiger partial charge >= 0.3 is 11.9 Å². The fourth-order valence-electron chi connectivity index (χ4n) is 1.87. The molecule has 0 aliphatic heterocycles. The zero-order valence-electron chi connectivity index (χ0n) is 11.2. The lowest BCUT2D eigenvalue weighted by Gasteiger charge is -2.31. The van der Waals surface area contributed by atoms with Gasteiger partial charge in [0, 0.05) is 0 Å². The summed E-state index contributed by atoms with van der Waals surface area (Å²) in [4.78, 5) is 21.8. The third-order valence-electron chi connectivity index (χ3n) is 3.60. The summed E-state index contributed by atoms with van der Waals surface area (Å²) < 4.78 is 0. The highest BCUT2D eigenvalue weighted by atomic mass is 16.4. The first-order chi connectivity index (χ1) is 7.70. The van der Waals surface area contributed by atoms with Crippen LogP contribution in [0.1, 0.15) is 53.4 Å². The smallest absolute Gasteiger partial charge is 0.307 e. The minimum atomic E-state index is -1.05. The van der Waals surface area contributed by atoms with Crippen LogP contribution in [-0.4, -0.2) is 22.2 Å². The highest BCUT2D eigenvalue weighted by molar-refractivity contribution is 5.78. The Morgan fingerprint density at radius 3 is 2.12 bits per heavy atom. The summed E-state index contributed by atoms with van der Waals surface area (Å²) >= 11 is 0. The lowest BCUT2D eigenvalue weighted by molar-refractivity contribution is -0.152. The molecule has 0 spiro atoms. The molecule has 2 atom stereocenters. The van der Waals surface area contributed by atoms with E-state index in [0.29, 0.717) is 5.92 Å². The topological polar surface area (TPSA) is 74.6 Å². The van der Waals surface area contributed by atoms with Crippen molar-refractivity contribution in [3.63, 3.8) is 0 Å². The van der Waals surface area contributed by atoms with Gasteiger partial charge in [-0.2, -0.15) is 0 Å². The van der Waals surface area contributed by atoms with Crippen LogP contribution in [0, 0.1) is 17.3 Å². The molecule has 0 aromatic rings. The van der Waals surface area contributed by atoms with Crippen LogP contribution < -0.4 is 0 Å². The number of hydrogen-bond donors (Lipinski definition) is 2. The van der Waals surface area contributed by atoms with E-state index >= 15 is 0 Å². The summed E-state index contributed by atoms with van der Waals surface area (Å²) in [6.45, 7) is 7.92. The number of aliphatic carboxylic acids is 2. The van der Waals surface area contributed by atoms with Crippen molar-refractivity contribution in [2.24, 2.45) is 17.3 Å². The molecule has 0 saturated carbocycles. The average Bonchev–Trinajstić information content (AvgIpc) is 2.21. The summed E-state index contributed by atoms with van der Waals surface area (Å²) in [5.74, 6) is -2.33. The molecule has 4 nitrogen and oxygen atoms in total. The molecule has 2 N–H and O–H groups in total. The second-order valence-corrected chi connectivity index (χ2v) is 5.53. The minimum Gasteiger partial charge on any atom is -0.481 e. The SMILES string of the molecule is CCC(C)CCC(C)(C)C(CC(=O)O)C(=O)O. The molecule has 0 bridgehead atoms. The summed E-state index contributed by atoms with van der Waals surface area (Å²) in [5.41, 5.74) is -0.479. The monoisotopic (exact) mass is 244 g/mol. The largest absolute Gasteiger partial charge is 0.481 e. The third-order valence-corrected chi connectivity index (χ3v) is 3.60. The fraction of sp³-hybridized carbons (Fsp3) is 0.846. The molecule has 0 fully saturated rings. The van der Waals surface area contributed by atoms with Gasteiger partial charge in [-0.25, -0.2) is 0 Å². The third kappa shape index (κ3) is 5.71. The second-order valence-electron chi connectivity index (χ2n) is 5.53. The average molecular weight is 244 g/mol. The molecule has 0 aliphatic carbocycles. The van der Waals surface area contributed by atoms with Gasteiger partial charge in [-0.1, -0.05) is 40.5 Å². The molecule has 0 aliphatic rings. The molecular weight excluding hydrogens is 220 g/mol. The molecule has 100 valence electrons. The first kappa shape index (κ1) is 15.9. The number of hydrogen-bond acceptors (Lipinski definition) is 2. The normalized spacial score (nSPS) is 15.3. The molecule has 4 heteroatoms. The molecule has 17 heavy (non-hydrogen) atoms. The lowest BCUT2D eigenvalue weighted by atomic mass is 9.72. The maximum atomic E-state index is 11.1. The van der Waals surface area contributed by atoms with Crippen molar-refractivity contribution in [2.75, 3.05) is 0 Å². The molecule has 0 saturated heterocycles. The zero-order valence-corrected chi connectivity index (χ0v) is 11.2. The van der Waals surface area contributed by atoms with E-state index in [4.69, 9.17) is 10.2 Å². The predicted molar refractivity (Wildman–Crippen MR) is 65.8 cm³/mol. The Morgan fingerprint density at radius 1 is 1.24 bits per heavy atom. The van der Waals surface area contributed by atoms with Gasteiger partial charge in [0.1, 0.15) is 0 Å². The van der Waals surface area contributed by atoms with Crippen molar-refractivity contribution in [3.05, 3.63) is 0 Å². The summed E-state index contributed by atoms with van der Waals surface area (Å²) in [6.07, 6.45) is 2.44. The van der Waals surface area contributed by atoms with E-state index in [9.17, 15) is 9.59 Å². The Labute approximate surface area is 103 Å². The van der Waals surface area contributed by atoms with E-state index in [1.807, 2.05) is 13.8 Å². The van der Waals surface area contributed by atoms with E-state index in [1.54, 1.807) is 0 Å². The molecule has 0 radical (unpaired) electrons. The predicted octanol–water partition coefficient (Wildman–Crippen LogP) is 3.01. The van der Waals surface area contributed by atoms with Crippen LogP contribution in [0.4, 0.5) is 0 Å². The zero-order chi connectivity index (χ0) is 13.6. The van der Waals surface area contributed by atoms with Crippen molar-refractivity contribution in [2.45, 2.75) is 53.4 Å². The standard InChI is InChI=1S/C13H24O4/c1-5-9(2)6-7-13(3,4)10(12(16)17)8-11(14)15/h9-10H,5-8H2,1-4H3,(H,14,15)(H,16,17). The van der Waals surface area contributed by atoms with Crippen molar-refractivity contribution < 1.29 is 19.8 Å². The fourth-order valence-corrected chi connectivity index (χ4v) is 1.87. The van der Waals surface area contributed by atoms with Crippen molar-refractivity contribution in [1.29, 1.82) is 0 Å². The molecule has 0 rings (SSSR count). The lowest BCUT2D eigenvalue weighted by Crippen LogP contribution is -2.33. The molecule has 0 heterocycles. The van der Waals surface area contributed by atoms with Crippen molar-refractivity contribution in [1.82, 2.24) is 0 Å². The Hall–Kier alpha value is -1.06. The minimum absolute atomic E-state index is 0.303. The van der Waals surface area contributed by atoms with Gasteiger partial charge < -0.3 is 10.2 Å². The van der Waals surface area contributed by atoms with E-state index in [2.05, 4.69) is 13.8 Å². The van der Waals surface area contributed by atoms with E-state index in [0.717, 1.165) is 19.3 Å². The molecule has 0 aromatic carbocycles. The van der Waals surface area contributed by atoms with Crippen LogP contribution in [0.3, 0.4) is 0 Å². The van der Waals surface area contributed by atoms with Gasteiger partial charge in [-0.05, 0) is 17.8 Å². The molecular formula is C13H24O4. The Morgan fingerprint density at radius 2 is 1.76 bits per heavy atom. The quantitative estimate of drug-likeness (QED) is 0.688. The van der Waals surface area contributed by atoms with Crippen molar-refractivity contribution >= 4 is 11.9 Å². The highest BCUT2D eigenvalue weighted by Gasteiger charge is 2.36. The number of rotatable bonds is 8. The Balaban J connectivity index is 4.59. The van der Waals surface area contributed by atoms with Crippen LogP contribution >= 0.6 is 0 Å². The van der Waals surface area contributed by atoms with Gasteiger partial charge in [-0.15, -0.1) is 0 Å². The van der Waals surface area contributed by atoms with Gasteiger partial charge in [0.25, 0.3) is 0 Å². The van der Waals surface area contributed by atoms with E-state index in [-0.39, 0.29) is 6.42 Å². The van der Waals surface area contributed by atoms with Crippen LogP contribution in [0.2, 0.25) is 0 Å².